The molecule has 176 valence electrons. The predicted octanol–water partition coefficient (Wildman–Crippen LogP) is 4.56. The number of imidazole rings is 1. The minimum Gasteiger partial charge on any atom is -0.507 e. The van der Waals surface area contributed by atoms with Gasteiger partial charge < -0.3 is 19.3 Å². The summed E-state index contributed by atoms with van der Waals surface area (Å²) in [5.41, 5.74) is 1.35. The van der Waals surface area contributed by atoms with E-state index in [9.17, 15) is 14.7 Å². The average molecular weight is 468 g/mol. The molecule has 2 heterocycles. The van der Waals surface area contributed by atoms with Gasteiger partial charge in [0.1, 0.15) is 11.5 Å². The Morgan fingerprint density at radius 2 is 1.77 bits per heavy atom. The van der Waals surface area contributed by atoms with Gasteiger partial charge in [0.2, 0.25) is 0 Å². The zero-order valence-electron chi connectivity index (χ0n) is 19.3. The van der Waals surface area contributed by atoms with E-state index < -0.39 is 17.7 Å². The van der Waals surface area contributed by atoms with E-state index in [4.69, 9.17) is 4.74 Å². The van der Waals surface area contributed by atoms with Crippen LogP contribution in [0.2, 0.25) is 0 Å². The largest absolute Gasteiger partial charge is 0.507 e. The summed E-state index contributed by atoms with van der Waals surface area (Å²) in [4.78, 5) is 32.2. The predicted molar refractivity (Wildman–Crippen MR) is 133 cm³/mol. The van der Waals surface area contributed by atoms with Crippen molar-refractivity contribution in [3.8, 4) is 5.75 Å². The molecule has 0 bridgehead atoms. The maximum Gasteiger partial charge on any atom is 0.295 e. The topological polar surface area (TPSA) is 84.7 Å². The van der Waals surface area contributed by atoms with Gasteiger partial charge in [-0.25, -0.2) is 4.98 Å². The lowest BCUT2D eigenvalue weighted by Crippen LogP contribution is -2.31. The number of hydrogen-bond acceptors (Lipinski definition) is 5. The summed E-state index contributed by atoms with van der Waals surface area (Å²) in [7, 11) is 1.56. The summed E-state index contributed by atoms with van der Waals surface area (Å²) in [5.74, 6) is -0.851. The van der Waals surface area contributed by atoms with Gasteiger partial charge in [-0.15, -0.1) is 0 Å². The maximum atomic E-state index is 13.3. The molecule has 7 heteroatoms. The van der Waals surface area contributed by atoms with Crippen molar-refractivity contribution >= 4 is 28.2 Å². The number of likely N-dealkylation sites (tertiary alicyclic amines) is 1. The Labute approximate surface area is 202 Å². The van der Waals surface area contributed by atoms with E-state index >= 15 is 0 Å². The van der Waals surface area contributed by atoms with Crippen molar-refractivity contribution in [2.24, 2.45) is 0 Å². The van der Waals surface area contributed by atoms with Crippen LogP contribution < -0.4 is 4.74 Å². The van der Waals surface area contributed by atoms with E-state index in [2.05, 4.69) is 4.98 Å². The number of nitrogens with zero attached hydrogens (tertiary/aromatic N) is 3. The molecule has 1 atom stereocenters. The van der Waals surface area contributed by atoms with Crippen molar-refractivity contribution < 1.29 is 19.4 Å². The molecule has 1 N–H and O–H groups in total. The number of rotatable bonds is 7. The van der Waals surface area contributed by atoms with Crippen LogP contribution in [0.1, 0.15) is 23.6 Å². The molecule has 1 aromatic heterocycles. The number of fused-ring (bicyclic) bond motifs is 1. The first-order chi connectivity index (χ1) is 17.1. The molecule has 0 radical (unpaired) electrons. The van der Waals surface area contributed by atoms with E-state index in [1.807, 2.05) is 53.2 Å². The van der Waals surface area contributed by atoms with Gasteiger partial charge in [-0.3, -0.25) is 9.59 Å². The Kier molecular flexibility index (Phi) is 6.06. The van der Waals surface area contributed by atoms with Gasteiger partial charge in [0, 0.05) is 31.0 Å². The first-order valence-corrected chi connectivity index (χ1v) is 11.4. The second-order valence-electron chi connectivity index (χ2n) is 8.44. The van der Waals surface area contributed by atoms with Crippen LogP contribution in [0.3, 0.4) is 0 Å². The molecule has 0 saturated carbocycles. The Bertz CT molecular complexity index is 1400. The lowest BCUT2D eigenvalue weighted by Gasteiger charge is -2.26. The highest BCUT2D eigenvalue weighted by Gasteiger charge is 2.46. The Morgan fingerprint density at radius 3 is 2.51 bits per heavy atom. The molecule has 0 spiro atoms. The van der Waals surface area contributed by atoms with Gasteiger partial charge in [0.15, 0.2) is 0 Å². The molecule has 1 amide bonds. The van der Waals surface area contributed by atoms with Crippen molar-refractivity contribution in [3.63, 3.8) is 0 Å². The Morgan fingerprint density at radius 1 is 1.00 bits per heavy atom. The lowest BCUT2D eigenvalue weighted by molar-refractivity contribution is -0.139. The summed E-state index contributed by atoms with van der Waals surface area (Å²) >= 11 is 0. The number of aliphatic hydroxyl groups is 1. The highest BCUT2D eigenvalue weighted by Crippen LogP contribution is 2.42. The van der Waals surface area contributed by atoms with Crippen molar-refractivity contribution in [3.05, 3.63) is 102 Å². The molecule has 4 aromatic rings. The van der Waals surface area contributed by atoms with E-state index in [1.165, 1.54) is 0 Å². The molecule has 0 unspecified atom stereocenters. The molecule has 1 saturated heterocycles. The summed E-state index contributed by atoms with van der Waals surface area (Å²) in [6.07, 6.45) is 5.92. The monoisotopic (exact) mass is 467 g/mol. The number of benzene rings is 3. The van der Waals surface area contributed by atoms with Gasteiger partial charge in [-0.05, 0) is 47.0 Å². The van der Waals surface area contributed by atoms with Crippen molar-refractivity contribution in [1.29, 1.82) is 0 Å². The molecule has 5 rings (SSSR count). The smallest absolute Gasteiger partial charge is 0.295 e. The fourth-order valence-corrected chi connectivity index (χ4v) is 4.67. The van der Waals surface area contributed by atoms with Gasteiger partial charge >= 0.3 is 0 Å². The van der Waals surface area contributed by atoms with Crippen LogP contribution in [0.5, 0.6) is 5.75 Å². The first kappa shape index (κ1) is 22.4. The highest BCUT2D eigenvalue weighted by atomic mass is 16.5. The van der Waals surface area contributed by atoms with E-state index in [0.717, 1.165) is 16.3 Å². The number of ether oxygens (including phenoxy) is 1. The van der Waals surface area contributed by atoms with Crippen molar-refractivity contribution in [2.45, 2.75) is 19.0 Å². The van der Waals surface area contributed by atoms with Crippen LogP contribution in [0.25, 0.3) is 16.5 Å². The van der Waals surface area contributed by atoms with Crippen LogP contribution in [0.4, 0.5) is 0 Å². The summed E-state index contributed by atoms with van der Waals surface area (Å²) < 4.78 is 7.14. The van der Waals surface area contributed by atoms with Crippen LogP contribution in [0, 0.1) is 0 Å². The van der Waals surface area contributed by atoms with Gasteiger partial charge in [0.05, 0.1) is 25.1 Å². The van der Waals surface area contributed by atoms with E-state index in [0.29, 0.717) is 30.8 Å². The molecule has 1 fully saturated rings. The third-order valence-electron chi connectivity index (χ3n) is 6.40. The third kappa shape index (κ3) is 4.17. The van der Waals surface area contributed by atoms with E-state index in [1.54, 1.807) is 48.8 Å². The first-order valence-electron chi connectivity index (χ1n) is 11.4. The molecule has 1 aliphatic rings. The number of aliphatic hydroxyl groups excluding tert-OH is 1. The Hall–Kier alpha value is -4.39. The standard InChI is InChI=1S/C28H25N3O4/c1-35-21-12-10-20(11-13-21)26(32)24-25(23-9-4-7-19-6-2-3-8-22(19)23)31(28(34)27(24)33)16-5-15-30-17-14-29-18-30/h2-4,6-14,17-18,25,32H,5,15-16H2,1H3/t25-/m0/s1. The van der Waals surface area contributed by atoms with Crippen LogP contribution in [-0.2, 0) is 16.1 Å². The zero-order valence-corrected chi connectivity index (χ0v) is 19.3. The number of amides is 1. The second-order valence-corrected chi connectivity index (χ2v) is 8.44. The number of carbonyl (C=O) groups excluding carboxylic acids is 2. The van der Waals surface area contributed by atoms with Crippen LogP contribution in [-0.4, -0.2) is 44.9 Å². The number of ketones is 1. The quantitative estimate of drug-likeness (QED) is 0.245. The van der Waals surface area contributed by atoms with Gasteiger partial charge in [-0.1, -0.05) is 42.5 Å². The average Bonchev–Trinajstić information content (AvgIpc) is 3.50. The molecule has 7 nitrogen and oxygen atoms in total. The lowest BCUT2D eigenvalue weighted by atomic mass is 9.91. The second kappa shape index (κ2) is 9.46. The van der Waals surface area contributed by atoms with Crippen molar-refractivity contribution in [1.82, 2.24) is 14.5 Å². The van der Waals surface area contributed by atoms with Crippen LogP contribution >= 0.6 is 0 Å². The number of carbonyl (C=O) groups is 2. The number of hydrogen-bond donors (Lipinski definition) is 1. The molecular formula is C28H25N3O4. The van der Waals surface area contributed by atoms with Gasteiger partial charge in [0.25, 0.3) is 11.7 Å². The fourth-order valence-electron chi connectivity index (χ4n) is 4.67. The fraction of sp³-hybridized carbons (Fsp3) is 0.179. The Balaban J connectivity index is 1.61. The third-order valence-corrected chi connectivity index (χ3v) is 6.40. The molecule has 3 aromatic carbocycles. The molecular weight excluding hydrogens is 442 g/mol. The highest BCUT2D eigenvalue weighted by molar-refractivity contribution is 6.46. The summed E-state index contributed by atoms with van der Waals surface area (Å²) in [6, 6.07) is 19.8. The SMILES string of the molecule is COc1ccc(C(O)=C2C(=O)C(=O)N(CCCn3ccnc3)[C@H]2c2cccc3ccccc23)cc1. The molecule has 35 heavy (non-hydrogen) atoms. The normalized spacial score (nSPS) is 17.3. The van der Waals surface area contributed by atoms with E-state index in [-0.39, 0.29) is 11.3 Å². The number of aryl methyl sites for hydroxylation is 1. The maximum absolute atomic E-state index is 13.3. The van der Waals surface area contributed by atoms with Gasteiger partial charge in [-0.2, -0.15) is 0 Å². The molecule has 1 aliphatic heterocycles. The number of methoxy groups -OCH3 is 1. The molecule has 0 aliphatic carbocycles. The zero-order chi connectivity index (χ0) is 24.4. The minimum atomic E-state index is -0.703. The number of Topliss-reactive ketones (excluding diaryl/α,β-unsaturated/α-hetero) is 1. The summed E-state index contributed by atoms with van der Waals surface area (Å²) in [6.45, 7) is 1.01. The van der Waals surface area contributed by atoms with Crippen LogP contribution in [0.15, 0.2) is 91.0 Å². The van der Waals surface area contributed by atoms with Crippen molar-refractivity contribution in [2.75, 3.05) is 13.7 Å². The number of aromatic nitrogens is 2. The minimum absolute atomic E-state index is 0.0964. The summed E-state index contributed by atoms with van der Waals surface area (Å²) in [5, 5.41) is 13.2.